The first kappa shape index (κ1) is 20.9. The molecule has 0 N–H and O–H groups in total. The maximum absolute atomic E-state index is 12.8. The highest BCUT2D eigenvalue weighted by Crippen LogP contribution is 2.33. The molecule has 0 heterocycles. The third kappa shape index (κ3) is 4.29. The van der Waals surface area contributed by atoms with Crippen molar-refractivity contribution in [3.8, 4) is 0 Å². The van der Waals surface area contributed by atoms with Gasteiger partial charge in [0.25, 0.3) is 0 Å². The van der Waals surface area contributed by atoms with Gasteiger partial charge in [0.05, 0.1) is 5.57 Å². The molecule has 2 aromatic rings. The molecule has 0 aliphatic heterocycles. The summed E-state index contributed by atoms with van der Waals surface area (Å²) in [7, 11) is 0. The molecule has 29 heavy (non-hydrogen) atoms. The molecular weight excluding hydrogens is 360 g/mol. The summed E-state index contributed by atoms with van der Waals surface area (Å²) in [5.41, 5.74) is 2.73. The second kappa shape index (κ2) is 7.90. The molecule has 1 unspecified atom stereocenters. The van der Waals surface area contributed by atoms with Crippen molar-refractivity contribution in [3.63, 3.8) is 0 Å². The quantitative estimate of drug-likeness (QED) is 0.473. The molecule has 0 saturated carbocycles. The van der Waals surface area contributed by atoms with Gasteiger partial charge in [-0.05, 0) is 17.0 Å². The van der Waals surface area contributed by atoms with Crippen molar-refractivity contribution in [2.45, 2.75) is 52.9 Å². The summed E-state index contributed by atoms with van der Waals surface area (Å²) in [5, 5.41) is 0. The van der Waals surface area contributed by atoms with Crippen LogP contribution in [0.5, 0.6) is 0 Å². The number of hydrogen-bond acceptors (Lipinski definition) is 3. The molecule has 0 saturated heterocycles. The number of benzene rings is 2. The standard InChI is InChI=1S/C26H28O3/c1-16(2)17-10-12-18(13-11-17)19(15-23(27)26(3,4)5)14-22-24(28)20-8-6-7-9-21(20)25(22)29/h6-14,16,19H,15H2,1-5H3. The second-order valence-electron chi connectivity index (χ2n) is 9.09. The maximum atomic E-state index is 12.8. The monoisotopic (exact) mass is 388 g/mol. The predicted octanol–water partition coefficient (Wildman–Crippen LogP) is 5.90. The minimum Gasteiger partial charge on any atom is -0.299 e. The van der Waals surface area contributed by atoms with Crippen molar-refractivity contribution in [2.24, 2.45) is 5.41 Å². The molecule has 3 heteroatoms. The number of ketones is 3. The summed E-state index contributed by atoms with van der Waals surface area (Å²) in [5.74, 6) is -0.317. The summed E-state index contributed by atoms with van der Waals surface area (Å²) in [4.78, 5) is 38.4. The zero-order valence-electron chi connectivity index (χ0n) is 17.8. The Hall–Kier alpha value is -2.81. The van der Waals surface area contributed by atoms with Crippen molar-refractivity contribution in [1.82, 2.24) is 0 Å². The number of fused-ring (bicyclic) bond motifs is 1. The molecular formula is C26H28O3. The maximum Gasteiger partial charge on any atom is 0.197 e. The second-order valence-corrected chi connectivity index (χ2v) is 9.09. The van der Waals surface area contributed by atoms with E-state index in [2.05, 4.69) is 26.0 Å². The van der Waals surface area contributed by atoms with E-state index in [-0.39, 0.29) is 35.3 Å². The molecule has 0 radical (unpaired) electrons. The first-order chi connectivity index (χ1) is 13.6. The highest BCUT2D eigenvalue weighted by Gasteiger charge is 2.34. The number of carbonyl (C=O) groups is 3. The Morgan fingerprint density at radius 1 is 0.862 bits per heavy atom. The summed E-state index contributed by atoms with van der Waals surface area (Å²) < 4.78 is 0. The number of allylic oxidation sites excluding steroid dienone is 2. The van der Waals surface area contributed by atoms with Gasteiger partial charge in [0.2, 0.25) is 0 Å². The van der Waals surface area contributed by atoms with E-state index in [0.717, 1.165) is 5.56 Å². The van der Waals surface area contributed by atoms with Gasteiger partial charge in [0, 0.05) is 28.9 Å². The lowest BCUT2D eigenvalue weighted by molar-refractivity contribution is -0.126. The lowest BCUT2D eigenvalue weighted by atomic mass is 9.81. The molecule has 150 valence electrons. The fourth-order valence-corrected chi connectivity index (χ4v) is 3.53. The molecule has 0 fully saturated rings. The Balaban J connectivity index is 2.02. The summed E-state index contributed by atoms with van der Waals surface area (Å²) in [6.45, 7) is 9.94. The van der Waals surface area contributed by atoms with Gasteiger partial charge in [-0.3, -0.25) is 14.4 Å². The van der Waals surface area contributed by atoms with E-state index in [1.165, 1.54) is 5.56 Å². The lowest BCUT2D eigenvalue weighted by Gasteiger charge is -2.21. The molecule has 0 bridgehead atoms. The minimum atomic E-state index is -0.485. The average molecular weight is 389 g/mol. The Labute approximate surface area is 172 Å². The van der Waals surface area contributed by atoms with E-state index in [1.807, 2.05) is 32.9 Å². The zero-order chi connectivity index (χ0) is 21.3. The molecule has 0 amide bonds. The van der Waals surface area contributed by atoms with Gasteiger partial charge in [0.15, 0.2) is 11.6 Å². The molecule has 2 aromatic carbocycles. The fourth-order valence-electron chi connectivity index (χ4n) is 3.53. The molecule has 3 nitrogen and oxygen atoms in total. The van der Waals surface area contributed by atoms with Crippen molar-refractivity contribution in [2.75, 3.05) is 0 Å². The third-order valence-electron chi connectivity index (χ3n) is 5.55. The number of Topliss-reactive ketones (excluding diaryl/α,β-unsaturated/α-hetero) is 3. The van der Waals surface area contributed by atoms with Gasteiger partial charge in [-0.15, -0.1) is 0 Å². The van der Waals surface area contributed by atoms with Crippen LogP contribution in [0.25, 0.3) is 0 Å². The van der Waals surface area contributed by atoms with E-state index in [9.17, 15) is 14.4 Å². The summed E-state index contributed by atoms with van der Waals surface area (Å²) in [6.07, 6.45) is 1.96. The van der Waals surface area contributed by atoms with Crippen LogP contribution in [0.3, 0.4) is 0 Å². The van der Waals surface area contributed by atoms with E-state index in [1.54, 1.807) is 30.3 Å². The van der Waals surface area contributed by atoms with Gasteiger partial charge in [0.1, 0.15) is 5.78 Å². The first-order valence-electron chi connectivity index (χ1n) is 10.1. The Kier molecular flexibility index (Phi) is 5.70. The highest BCUT2D eigenvalue weighted by atomic mass is 16.2. The van der Waals surface area contributed by atoms with Crippen molar-refractivity contribution >= 4 is 17.3 Å². The van der Waals surface area contributed by atoms with Crippen LogP contribution in [0.15, 0.2) is 60.2 Å². The van der Waals surface area contributed by atoms with Gasteiger partial charge < -0.3 is 0 Å². The zero-order valence-corrected chi connectivity index (χ0v) is 17.8. The van der Waals surface area contributed by atoms with Crippen LogP contribution in [0, 0.1) is 5.41 Å². The smallest absolute Gasteiger partial charge is 0.197 e. The minimum absolute atomic E-state index is 0.0997. The summed E-state index contributed by atoms with van der Waals surface area (Å²) >= 11 is 0. The van der Waals surface area contributed by atoms with Crippen LogP contribution < -0.4 is 0 Å². The van der Waals surface area contributed by atoms with Gasteiger partial charge in [-0.25, -0.2) is 0 Å². The summed E-state index contributed by atoms with van der Waals surface area (Å²) in [6, 6.07) is 15.0. The van der Waals surface area contributed by atoms with Gasteiger partial charge in [-0.2, -0.15) is 0 Å². The Bertz CT molecular complexity index is 948. The van der Waals surface area contributed by atoms with Gasteiger partial charge in [-0.1, -0.05) is 89.2 Å². The van der Waals surface area contributed by atoms with Crippen molar-refractivity contribution in [3.05, 3.63) is 82.4 Å². The molecule has 0 aromatic heterocycles. The topological polar surface area (TPSA) is 51.2 Å². The van der Waals surface area contributed by atoms with Crippen LogP contribution >= 0.6 is 0 Å². The van der Waals surface area contributed by atoms with E-state index in [0.29, 0.717) is 17.0 Å². The Morgan fingerprint density at radius 3 is 1.79 bits per heavy atom. The van der Waals surface area contributed by atoms with Crippen LogP contribution in [-0.2, 0) is 4.79 Å². The van der Waals surface area contributed by atoms with Crippen LogP contribution in [0.4, 0.5) is 0 Å². The number of carbonyl (C=O) groups excluding carboxylic acids is 3. The molecule has 1 aliphatic rings. The number of hydrogen-bond donors (Lipinski definition) is 0. The molecule has 1 atom stereocenters. The first-order valence-corrected chi connectivity index (χ1v) is 10.1. The van der Waals surface area contributed by atoms with Crippen LogP contribution in [-0.4, -0.2) is 17.3 Å². The third-order valence-corrected chi connectivity index (χ3v) is 5.55. The normalized spacial score (nSPS) is 14.9. The van der Waals surface area contributed by atoms with Crippen molar-refractivity contribution < 1.29 is 14.4 Å². The Morgan fingerprint density at radius 2 is 1.34 bits per heavy atom. The average Bonchev–Trinajstić information content (AvgIpc) is 2.92. The van der Waals surface area contributed by atoms with Gasteiger partial charge >= 0.3 is 0 Å². The SMILES string of the molecule is CC(C)c1ccc(C(C=C2C(=O)c3ccccc3C2=O)CC(=O)C(C)(C)C)cc1. The van der Waals surface area contributed by atoms with Crippen LogP contribution in [0.2, 0.25) is 0 Å². The fraction of sp³-hybridized carbons (Fsp3) is 0.346. The van der Waals surface area contributed by atoms with E-state index in [4.69, 9.17) is 0 Å². The van der Waals surface area contributed by atoms with E-state index >= 15 is 0 Å². The molecule has 1 aliphatic carbocycles. The predicted molar refractivity (Wildman–Crippen MR) is 116 cm³/mol. The largest absolute Gasteiger partial charge is 0.299 e. The van der Waals surface area contributed by atoms with Crippen LogP contribution in [0.1, 0.15) is 84.7 Å². The van der Waals surface area contributed by atoms with Crippen molar-refractivity contribution in [1.29, 1.82) is 0 Å². The molecule has 3 rings (SSSR count). The molecule has 0 spiro atoms. The highest BCUT2D eigenvalue weighted by molar-refractivity contribution is 6.39. The van der Waals surface area contributed by atoms with E-state index < -0.39 is 5.41 Å². The number of rotatable bonds is 5. The lowest BCUT2D eigenvalue weighted by Crippen LogP contribution is -2.22.